The van der Waals surface area contributed by atoms with Gasteiger partial charge in [0.2, 0.25) is 0 Å². The van der Waals surface area contributed by atoms with Gasteiger partial charge in [-0.25, -0.2) is 0 Å². The van der Waals surface area contributed by atoms with Crippen LogP contribution in [0.3, 0.4) is 0 Å². The second-order valence-corrected chi connectivity index (χ2v) is 12.7. The molecule has 5 heteroatoms. The average Bonchev–Trinajstić information content (AvgIpc) is 3.01. The van der Waals surface area contributed by atoms with Crippen LogP contribution in [0.15, 0.2) is 12.2 Å². The highest BCUT2D eigenvalue weighted by atomic mass is 16.6. The molecule has 1 atom stereocenters. The molecular weight excluding hydrogens is 536 g/mol. The second-order valence-electron chi connectivity index (χ2n) is 12.7. The van der Waals surface area contributed by atoms with Gasteiger partial charge in [0.15, 0.2) is 6.10 Å². The Balaban J connectivity index is 3.51. The van der Waals surface area contributed by atoms with Crippen molar-refractivity contribution in [2.75, 3.05) is 13.2 Å². The minimum Gasteiger partial charge on any atom is -0.462 e. The molecule has 1 N–H and O–H groups in total. The Kier molecular flexibility index (Phi) is 34.0. The van der Waals surface area contributed by atoms with Gasteiger partial charge in [-0.3, -0.25) is 9.59 Å². The van der Waals surface area contributed by atoms with E-state index in [0.717, 1.165) is 38.5 Å². The smallest absolute Gasteiger partial charge is 0.306 e. The van der Waals surface area contributed by atoms with Crippen LogP contribution in [-0.4, -0.2) is 36.4 Å². The number of aliphatic hydroxyl groups excluding tert-OH is 1. The minimum atomic E-state index is -0.764. The van der Waals surface area contributed by atoms with Crippen LogP contribution in [0.1, 0.15) is 200 Å². The Morgan fingerprint density at radius 2 is 0.860 bits per heavy atom. The van der Waals surface area contributed by atoms with E-state index in [-0.39, 0.29) is 25.2 Å². The topological polar surface area (TPSA) is 72.8 Å². The van der Waals surface area contributed by atoms with E-state index in [1.165, 1.54) is 135 Å². The van der Waals surface area contributed by atoms with Crippen molar-refractivity contribution in [3.05, 3.63) is 12.2 Å². The Morgan fingerprint density at radius 1 is 0.512 bits per heavy atom. The van der Waals surface area contributed by atoms with E-state index in [9.17, 15) is 14.7 Å². The molecule has 0 aromatic rings. The van der Waals surface area contributed by atoms with Crippen molar-refractivity contribution in [1.82, 2.24) is 0 Å². The monoisotopic (exact) mass is 609 g/mol. The molecule has 0 unspecified atom stereocenters. The lowest BCUT2D eigenvalue weighted by Crippen LogP contribution is -2.28. The van der Waals surface area contributed by atoms with Gasteiger partial charge in [-0.05, 0) is 38.5 Å². The first-order valence-electron chi connectivity index (χ1n) is 18.7. The number of esters is 2. The molecule has 0 spiro atoms. The fraction of sp³-hybridized carbons (Fsp3) is 0.895. The number of allylic oxidation sites excluding steroid dienone is 2. The van der Waals surface area contributed by atoms with E-state index in [1.54, 1.807) is 0 Å². The normalized spacial score (nSPS) is 12.2. The predicted molar refractivity (Wildman–Crippen MR) is 182 cm³/mol. The summed E-state index contributed by atoms with van der Waals surface area (Å²) in [4.78, 5) is 24.1. The summed E-state index contributed by atoms with van der Waals surface area (Å²) in [6, 6.07) is 0. The molecule has 0 saturated carbocycles. The first-order valence-corrected chi connectivity index (χ1v) is 18.7. The summed E-state index contributed by atoms with van der Waals surface area (Å²) in [5.74, 6) is -0.587. The molecule has 0 amide bonds. The molecule has 5 nitrogen and oxygen atoms in total. The van der Waals surface area contributed by atoms with Crippen molar-refractivity contribution in [3.63, 3.8) is 0 Å². The summed E-state index contributed by atoms with van der Waals surface area (Å²) in [5, 5.41) is 9.51. The van der Waals surface area contributed by atoms with Crippen LogP contribution >= 0.6 is 0 Å². The minimum absolute atomic E-state index is 0.0612. The van der Waals surface area contributed by atoms with Gasteiger partial charge >= 0.3 is 11.9 Å². The van der Waals surface area contributed by atoms with Crippen LogP contribution in [0.25, 0.3) is 0 Å². The Labute approximate surface area is 267 Å². The number of ether oxygens (including phenoxy) is 2. The third-order valence-electron chi connectivity index (χ3n) is 8.31. The fourth-order valence-corrected chi connectivity index (χ4v) is 5.43. The van der Waals surface area contributed by atoms with Crippen molar-refractivity contribution < 1.29 is 24.2 Å². The lowest BCUT2D eigenvalue weighted by Gasteiger charge is -2.15. The van der Waals surface area contributed by atoms with Crippen LogP contribution in [0, 0.1) is 0 Å². The van der Waals surface area contributed by atoms with Gasteiger partial charge in [-0.1, -0.05) is 161 Å². The third-order valence-corrected chi connectivity index (χ3v) is 8.31. The van der Waals surface area contributed by atoms with Gasteiger partial charge in [0.1, 0.15) is 6.61 Å². The van der Waals surface area contributed by atoms with Gasteiger partial charge in [0.25, 0.3) is 0 Å². The van der Waals surface area contributed by atoms with Crippen molar-refractivity contribution in [2.45, 2.75) is 206 Å². The molecular formula is C38H72O5. The number of rotatable bonds is 34. The molecule has 0 aliphatic heterocycles. The standard InChI is InChI=1S/C38H72O5/c1-3-5-7-9-11-13-15-16-17-18-19-20-21-22-23-25-27-29-31-33-38(41)43-36(34-39)35-42-37(40)32-30-28-26-24-14-12-10-8-6-4-2/h16-17,36,39H,3-15,18-35H2,1-2H3/b17-16+/t36-/m0/s1. The van der Waals surface area contributed by atoms with E-state index in [4.69, 9.17) is 9.47 Å². The number of hydrogen-bond acceptors (Lipinski definition) is 5. The lowest BCUT2D eigenvalue weighted by molar-refractivity contribution is -0.161. The molecule has 0 bridgehead atoms. The molecule has 0 saturated heterocycles. The highest BCUT2D eigenvalue weighted by Gasteiger charge is 2.16. The molecule has 0 aliphatic rings. The second kappa shape index (κ2) is 35.1. The van der Waals surface area contributed by atoms with Crippen LogP contribution in [0.5, 0.6) is 0 Å². The van der Waals surface area contributed by atoms with Crippen molar-refractivity contribution >= 4 is 11.9 Å². The molecule has 0 aliphatic carbocycles. The van der Waals surface area contributed by atoms with Crippen LogP contribution in [0.4, 0.5) is 0 Å². The lowest BCUT2D eigenvalue weighted by atomic mass is 10.1. The van der Waals surface area contributed by atoms with Gasteiger partial charge < -0.3 is 14.6 Å². The van der Waals surface area contributed by atoms with Crippen LogP contribution in [-0.2, 0) is 19.1 Å². The number of carbonyl (C=O) groups is 2. The van der Waals surface area contributed by atoms with Gasteiger partial charge in [0.05, 0.1) is 6.61 Å². The first kappa shape index (κ1) is 41.6. The van der Waals surface area contributed by atoms with E-state index in [2.05, 4.69) is 26.0 Å². The molecule has 0 rings (SSSR count). The molecule has 0 heterocycles. The maximum atomic E-state index is 12.1. The van der Waals surface area contributed by atoms with Crippen molar-refractivity contribution in [2.24, 2.45) is 0 Å². The highest BCUT2D eigenvalue weighted by molar-refractivity contribution is 5.70. The summed E-state index contributed by atoms with van der Waals surface area (Å²) in [6.07, 6.45) is 38.4. The van der Waals surface area contributed by atoms with E-state index < -0.39 is 6.10 Å². The molecule has 0 aromatic carbocycles. The number of carbonyl (C=O) groups excluding carboxylic acids is 2. The average molecular weight is 609 g/mol. The number of unbranched alkanes of at least 4 members (excludes halogenated alkanes) is 24. The SMILES string of the molecule is CCCCCCCC/C=C/CCCCCCCCCCCC(=O)O[C@@H](CO)COC(=O)CCCCCCCCCCCC. The largest absolute Gasteiger partial charge is 0.462 e. The van der Waals surface area contributed by atoms with Crippen molar-refractivity contribution in [3.8, 4) is 0 Å². The van der Waals surface area contributed by atoms with E-state index in [0.29, 0.717) is 12.8 Å². The summed E-state index contributed by atoms with van der Waals surface area (Å²) in [5.41, 5.74) is 0. The highest BCUT2D eigenvalue weighted by Crippen LogP contribution is 2.14. The zero-order valence-electron chi connectivity index (χ0n) is 28.7. The van der Waals surface area contributed by atoms with Gasteiger partial charge in [-0.15, -0.1) is 0 Å². The summed E-state index contributed by atoms with van der Waals surface area (Å²) in [6.45, 7) is 4.12. The fourth-order valence-electron chi connectivity index (χ4n) is 5.43. The maximum Gasteiger partial charge on any atom is 0.306 e. The summed E-state index contributed by atoms with van der Waals surface area (Å²) < 4.78 is 10.6. The van der Waals surface area contributed by atoms with E-state index in [1.807, 2.05) is 0 Å². The van der Waals surface area contributed by atoms with Gasteiger partial charge in [0, 0.05) is 12.8 Å². The number of aliphatic hydroxyl groups is 1. The zero-order valence-corrected chi connectivity index (χ0v) is 28.7. The Morgan fingerprint density at radius 3 is 1.26 bits per heavy atom. The van der Waals surface area contributed by atoms with E-state index >= 15 is 0 Å². The third kappa shape index (κ3) is 33.4. The predicted octanol–water partition coefficient (Wildman–Crippen LogP) is 11.3. The summed E-state index contributed by atoms with van der Waals surface area (Å²) in [7, 11) is 0. The molecule has 0 aromatic heterocycles. The summed E-state index contributed by atoms with van der Waals surface area (Å²) >= 11 is 0. The molecule has 0 radical (unpaired) electrons. The number of hydrogen-bond donors (Lipinski definition) is 1. The maximum absolute atomic E-state index is 12.1. The molecule has 43 heavy (non-hydrogen) atoms. The zero-order chi connectivity index (χ0) is 31.5. The first-order chi connectivity index (χ1) is 21.1. The molecule has 254 valence electrons. The quantitative estimate of drug-likeness (QED) is 0.0447. The van der Waals surface area contributed by atoms with Crippen LogP contribution < -0.4 is 0 Å². The van der Waals surface area contributed by atoms with Gasteiger partial charge in [-0.2, -0.15) is 0 Å². The Hall–Kier alpha value is -1.36. The Bertz CT molecular complexity index is 617. The molecule has 0 fully saturated rings. The van der Waals surface area contributed by atoms with Crippen LogP contribution in [0.2, 0.25) is 0 Å². The van der Waals surface area contributed by atoms with Crippen molar-refractivity contribution in [1.29, 1.82) is 0 Å².